The first-order valence-corrected chi connectivity index (χ1v) is 6.52. The Bertz CT molecular complexity index is 647. The molecule has 108 valence electrons. The highest BCUT2D eigenvalue weighted by molar-refractivity contribution is 5.79. The van der Waals surface area contributed by atoms with Gasteiger partial charge in [-0.3, -0.25) is 4.79 Å². The number of aromatic hydroxyl groups is 2. The third kappa shape index (κ3) is 3.86. The molecule has 4 heteroatoms. The third-order valence-electron chi connectivity index (χ3n) is 3.10. The zero-order valence-corrected chi connectivity index (χ0v) is 11.6. The van der Waals surface area contributed by atoms with Gasteiger partial charge >= 0.3 is 5.97 Å². The van der Waals surface area contributed by atoms with Gasteiger partial charge in [-0.1, -0.05) is 36.4 Å². The van der Waals surface area contributed by atoms with E-state index in [1.54, 1.807) is 19.1 Å². The Balaban J connectivity index is 1.99. The zero-order valence-electron chi connectivity index (χ0n) is 11.6. The van der Waals surface area contributed by atoms with Crippen LogP contribution in [0.25, 0.3) is 6.08 Å². The Hall–Kier alpha value is -2.75. The van der Waals surface area contributed by atoms with Crippen LogP contribution in [-0.2, 0) is 9.53 Å². The summed E-state index contributed by atoms with van der Waals surface area (Å²) in [4.78, 5) is 11.9. The highest BCUT2D eigenvalue weighted by Crippen LogP contribution is 2.29. The summed E-state index contributed by atoms with van der Waals surface area (Å²) in [7, 11) is 0. The lowest BCUT2D eigenvalue weighted by Crippen LogP contribution is -2.10. The molecule has 21 heavy (non-hydrogen) atoms. The molecular weight excluding hydrogens is 268 g/mol. The van der Waals surface area contributed by atoms with Gasteiger partial charge in [0.15, 0.2) is 11.5 Å². The van der Waals surface area contributed by atoms with Crippen LogP contribution >= 0.6 is 0 Å². The molecular formula is C17H16O4. The second kappa shape index (κ2) is 6.61. The highest BCUT2D eigenvalue weighted by atomic mass is 16.5. The van der Waals surface area contributed by atoms with E-state index in [-0.39, 0.29) is 11.5 Å². The van der Waals surface area contributed by atoms with Gasteiger partial charge in [-0.15, -0.1) is 0 Å². The van der Waals surface area contributed by atoms with Crippen LogP contribution in [-0.4, -0.2) is 16.2 Å². The molecule has 2 N–H and O–H groups in total. The molecule has 2 aromatic rings. The minimum absolute atomic E-state index is 0.219. The van der Waals surface area contributed by atoms with Crippen LogP contribution < -0.4 is 0 Å². The second-order valence-electron chi connectivity index (χ2n) is 4.62. The van der Waals surface area contributed by atoms with Crippen molar-refractivity contribution in [2.45, 2.75) is 12.8 Å². The van der Waals surface area contributed by atoms with Crippen LogP contribution in [0.1, 0.15) is 24.0 Å². The Morgan fingerprint density at radius 2 is 1.81 bits per heavy atom. The molecule has 0 bridgehead atoms. The first kappa shape index (κ1) is 14.7. The average molecular weight is 284 g/mol. The maximum atomic E-state index is 11.9. The fourth-order valence-corrected chi connectivity index (χ4v) is 1.79. The van der Waals surface area contributed by atoms with Crippen molar-refractivity contribution in [3.63, 3.8) is 0 Å². The fraction of sp³-hybridized carbons (Fsp3) is 0.118. The van der Waals surface area contributed by atoms with Crippen molar-refractivity contribution in [3.05, 3.63) is 65.9 Å². The Kier molecular flexibility index (Phi) is 4.61. The molecule has 0 amide bonds. The van der Waals surface area contributed by atoms with Gasteiger partial charge in [0.2, 0.25) is 0 Å². The van der Waals surface area contributed by atoms with Gasteiger partial charge in [-0.25, -0.2) is 0 Å². The number of carbonyl (C=O) groups excluding carboxylic acids is 1. The molecule has 2 rings (SSSR count). The first-order chi connectivity index (χ1) is 10.1. The Morgan fingerprint density at radius 3 is 2.48 bits per heavy atom. The number of hydrogen-bond acceptors (Lipinski definition) is 4. The third-order valence-corrected chi connectivity index (χ3v) is 3.10. The number of esters is 1. The van der Waals surface area contributed by atoms with Crippen molar-refractivity contribution >= 4 is 12.0 Å². The van der Waals surface area contributed by atoms with Crippen LogP contribution in [0.2, 0.25) is 0 Å². The van der Waals surface area contributed by atoms with Gasteiger partial charge in [-0.2, -0.15) is 0 Å². The van der Waals surface area contributed by atoms with E-state index in [0.29, 0.717) is 5.56 Å². The van der Waals surface area contributed by atoms with Gasteiger partial charge in [0.1, 0.15) is 0 Å². The van der Waals surface area contributed by atoms with Crippen molar-refractivity contribution in [3.8, 4) is 11.5 Å². The topological polar surface area (TPSA) is 66.8 Å². The second-order valence-corrected chi connectivity index (χ2v) is 4.62. The smallest absolute Gasteiger partial charge is 0.317 e. The molecule has 0 spiro atoms. The summed E-state index contributed by atoms with van der Waals surface area (Å²) in [5.74, 6) is -1.46. The molecule has 0 heterocycles. The molecule has 0 aliphatic heterocycles. The van der Waals surface area contributed by atoms with Crippen LogP contribution in [0, 0.1) is 0 Å². The Morgan fingerprint density at radius 1 is 1.10 bits per heavy atom. The highest BCUT2D eigenvalue weighted by Gasteiger charge is 2.17. The maximum Gasteiger partial charge on any atom is 0.317 e. The van der Waals surface area contributed by atoms with E-state index in [1.807, 2.05) is 30.3 Å². The summed E-state index contributed by atoms with van der Waals surface area (Å²) < 4.78 is 5.07. The molecule has 0 aliphatic rings. The average Bonchev–Trinajstić information content (AvgIpc) is 2.50. The zero-order chi connectivity index (χ0) is 15.2. The molecule has 0 radical (unpaired) electrons. The normalized spacial score (nSPS) is 12.2. The number of carbonyl (C=O) groups is 1. The molecule has 1 unspecified atom stereocenters. The lowest BCUT2D eigenvalue weighted by Gasteiger charge is -2.10. The Labute approximate surface area is 122 Å². The van der Waals surface area contributed by atoms with Crippen LogP contribution in [0.15, 0.2) is 54.8 Å². The molecule has 2 aromatic carbocycles. The van der Waals surface area contributed by atoms with E-state index in [0.717, 1.165) is 5.56 Å². The van der Waals surface area contributed by atoms with Gasteiger partial charge in [0.05, 0.1) is 12.2 Å². The number of ether oxygens (including phenoxy) is 1. The van der Waals surface area contributed by atoms with E-state index in [1.165, 1.54) is 18.4 Å². The summed E-state index contributed by atoms with van der Waals surface area (Å²) >= 11 is 0. The molecule has 1 atom stereocenters. The van der Waals surface area contributed by atoms with Crippen molar-refractivity contribution in [1.82, 2.24) is 0 Å². The molecule has 0 aromatic heterocycles. The van der Waals surface area contributed by atoms with Gasteiger partial charge in [0.25, 0.3) is 0 Å². The minimum atomic E-state index is -0.545. The molecule has 0 aliphatic carbocycles. The summed E-state index contributed by atoms with van der Waals surface area (Å²) in [5.41, 5.74) is 1.50. The summed E-state index contributed by atoms with van der Waals surface area (Å²) in [6.07, 6.45) is 3.04. The quantitative estimate of drug-likeness (QED) is 0.513. The van der Waals surface area contributed by atoms with Crippen molar-refractivity contribution in [2.75, 3.05) is 0 Å². The molecule has 0 saturated heterocycles. The lowest BCUT2D eigenvalue weighted by molar-refractivity contribution is -0.139. The number of rotatable bonds is 4. The van der Waals surface area contributed by atoms with Crippen LogP contribution in [0.3, 0.4) is 0 Å². The molecule has 0 fully saturated rings. The van der Waals surface area contributed by atoms with E-state index >= 15 is 0 Å². The summed E-state index contributed by atoms with van der Waals surface area (Å²) in [6.45, 7) is 1.67. The van der Waals surface area contributed by atoms with Crippen LogP contribution in [0.4, 0.5) is 0 Å². The number of hydrogen-bond donors (Lipinski definition) is 2. The molecule has 0 saturated carbocycles. The number of phenolic OH excluding ortho intramolecular Hbond substituents is 2. The van der Waals surface area contributed by atoms with Gasteiger partial charge in [0, 0.05) is 0 Å². The van der Waals surface area contributed by atoms with Crippen molar-refractivity contribution in [2.24, 2.45) is 0 Å². The van der Waals surface area contributed by atoms with Crippen molar-refractivity contribution in [1.29, 1.82) is 0 Å². The first-order valence-electron chi connectivity index (χ1n) is 6.52. The summed E-state index contributed by atoms with van der Waals surface area (Å²) in [6, 6.07) is 13.7. The van der Waals surface area contributed by atoms with E-state index in [9.17, 15) is 15.0 Å². The standard InChI is InChI=1S/C17H16O4/c1-12(14-7-8-15(18)16(19)11-14)17(20)21-10-9-13-5-3-2-4-6-13/h2-12,18-19H,1H3. The van der Waals surface area contributed by atoms with Crippen LogP contribution in [0.5, 0.6) is 11.5 Å². The van der Waals surface area contributed by atoms with Crippen molar-refractivity contribution < 1.29 is 19.7 Å². The largest absolute Gasteiger partial charge is 0.504 e. The minimum Gasteiger partial charge on any atom is -0.504 e. The van der Waals surface area contributed by atoms with Gasteiger partial charge < -0.3 is 14.9 Å². The van der Waals surface area contributed by atoms with E-state index in [2.05, 4.69) is 0 Å². The summed E-state index contributed by atoms with van der Waals surface area (Å²) in [5, 5.41) is 18.7. The maximum absolute atomic E-state index is 11.9. The predicted octanol–water partition coefficient (Wildman–Crippen LogP) is 3.42. The molecule has 4 nitrogen and oxygen atoms in total. The SMILES string of the molecule is CC(C(=O)OC=Cc1ccccc1)c1ccc(O)c(O)c1. The van der Waals surface area contributed by atoms with Gasteiger partial charge in [-0.05, 0) is 36.3 Å². The van der Waals surface area contributed by atoms with E-state index < -0.39 is 11.9 Å². The monoisotopic (exact) mass is 284 g/mol. The fourth-order valence-electron chi connectivity index (χ4n) is 1.79. The predicted molar refractivity (Wildman–Crippen MR) is 79.8 cm³/mol. The lowest BCUT2D eigenvalue weighted by atomic mass is 10.0. The number of benzene rings is 2. The van der Waals surface area contributed by atoms with E-state index in [4.69, 9.17) is 4.74 Å². The number of phenols is 2.